The first-order chi connectivity index (χ1) is 5.80. The molecule has 0 aliphatic heterocycles. The minimum atomic E-state index is -0.600. The molecule has 2 aliphatic rings. The molecule has 0 heterocycles. The van der Waals surface area contributed by atoms with Gasteiger partial charge in [-0.1, -0.05) is 18.6 Å². The van der Waals surface area contributed by atoms with Gasteiger partial charge in [0.15, 0.2) is 0 Å². The number of fused-ring (bicyclic) bond motifs is 1. The maximum absolute atomic E-state index is 10.7. The fourth-order valence-corrected chi connectivity index (χ4v) is 2.28. The highest BCUT2D eigenvalue weighted by atomic mass is 16.4. The molecular formula is C10H14O2. The molecule has 0 bridgehead atoms. The number of allylic oxidation sites excluding steroid dienone is 2. The smallest absolute Gasteiger partial charge is 0.307 e. The average Bonchev–Trinajstić information content (AvgIpc) is 2.60. The summed E-state index contributed by atoms with van der Waals surface area (Å²) in [7, 11) is 0. The maximum atomic E-state index is 10.7. The van der Waals surface area contributed by atoms with Gasteiger partial charge in [-0.2, -0.15) is 0 Å². The lowest BCUT2D eigenvalue weighted by atomic mass is 10.1. The topological polar surface area (TPSA) is 37.3 Å². The molecule has 2 rings (SSSR count). The Morgan fingerprint density at radius 1 is 1.42 bits per heavy atom. The number of aliphatic carboxylic acids is 1. The lowest BCUT2D eigenvalue weighted by molar-refractivity contribution is -0.139. The van der Waals surface area contributed by atoms with E-state index in [9.17, 15) is 4.79 Å². The van der Waals surface area contributed by atoms with Gasteiger partial charge in [0, 0.05) is 0 Å². The first kappa shape index (κ1) is 7.84. The van der Waals surface area contributed by atoms with Crippen LogP contribution in [0, 0.1) is 17.8 Å². The van der Waals surface area contributed by atoms with Crippen molar-refractivity contribution in [2.75, 3.05) is 0 Å². The van der Waals surface area contributed by atoms with E-state index in [-0.39, 0.29) is 5.92 Å². The van der Waals surface area contributed by atoms with E-state index in [1.807, 2.05) is 0 Å². The van der Waals surface area contributed by atoms with Crippen molar-refractivity contribution in [1.29, 1.82) is 0 Å². The Kier molecular flexibility index (Phi) is 1.91. The molecule has 3 atom stereocenters. The molecule has 0 amide bonds. The van der Waals surface area contributed by atoms with Gasteiger partial charge in [0.05, 0.1) is 5.92 Å². The number of rotatable bonds is 1. The SMILES string of the molecule is O=C(O)C1[C@H]2CCCC/C=C\[C@@H]12. The first-order valence-electron chi connectivity index (χ1n) is 4.70. The number of carboxylic acid groups (broad SMARTS) is 1. The molecule has 1 fully saturated rings. The molecule has 0 aromatic heterocycles. The predicted octanol–water partition coefficient (Wildman–Crippen LogP) is 2.06. The van der Waals surface area contributed by atoms with E-state index in [0.29, 0.717) is 11.8 Å². The van der Waals surface area contributed by atoms with Crippen molar-refractivity contribution in [3.05, 3.63) is 12.2 Å². The second kappa shape index (κ2) is 2.92. The Hall–Kier alpha value is -0.790. The lowest BCUT2D eigenvalue weighted by Crippen LogP contribution is -1.99. The third-order valence-electron chi connectivity index (χ3n) is 3.03. The minimum Gasteiger partial charge on any atom is -0.481 e. The summed E-state index contributed by atoms with van der Waals surface area (Å²) in [5.41, 5.74) is 0. The number of carbonyl (C=O) groups is 1. The van der Waals surface area contributed by atoms with E-state index in [1.165, 1.54) is 12.8 Å². The van der Waals surface area contributed by atoms with E-state index in [4.69, 9.17) is 5.11 Å². The third-order valence-corrected chi connectivity index (χ3v) is 3.03. The van der Waals surface area contributed by atoms with Crippen LogP contribution in [-0.2, 0) is 4.79 Å². The minimum absolute atomic E-state index is 0.0562. The van der Waals surface area contributed by atoms with Crippen LogP contribution in [0.1, 0.15) is 25.7 Å². The van der Waals surface area contributed by atoms with Crippen molar-refractivity contribution in [3.8, 4) is 0 Å². The Labute approximate surface area is 72.3 Å². The standard InChI is InChI=1S/C10H14O2/c11-10(12)9-7-5-3-1-2-4-6-8(7)9/h3,5,7-9H,1-2,4,6H2,(H,11,12)/b5-3-/t7-,8+,9?/m1/s1. The zero-order chi connectivity index (χ0) is 8.55. The van der Waals surface area contributed by atoms with E-state index in [0.717, 1.165) is 12.8 Å². The van der Waals surface area contributed by atoms with Gasteiger partial charge >= 0.3 is 5.97 Å². The van der Waals surface area contributed by atoms with Crippen LogP contribution in [0.25, 0.3) is 0 Å². The van der Waals surface area contributed by atoms with Crippen LogP contribution in [0.5, 0.6) is 0 Å². The van der Waals surface area contributed by atoms with Crippen molar-refractivity contribution in [1.82, 2.24) is 0 Å². The summed E-state index contributed by atoms with van der Waals surface area (Å²) in [6, 6.07) is 0. The molecule has 2 heteroatoms. The number of hydrogen-bond donors (Lipinski definition) is 1. The van der Waals surface area contributed by atoms with Gasteiger partial charge < -0.3 is 5.11 Å². The molecule has 0 aromatic rings. The summed E-state index contributed by atoms with van der Waals surface area (Å²) in [4.78, 5) is 10.7. The van der Waals surface area contributed by atoms with Gasteiger partial charge in [0.2, 0.25) is 0 Å². The van der Waals surface area contributed by atoms with Crippen LogP contribution in [-0.4, -0.2) is 11.1 Å². The van der Waals surface area contributed by atoms with Crippen LogP contribution >= 0.6 is 0 Å². The van der Waals surface area contributed by atoms with Crippen molar-refractivity contribution in [2.45, 2.75) is 25.7 Å². The number of carboxylic acids is 1. The van der Waals surface area contributed by atoms with Gasteiger partial charge in [-0.05, 0) is 31.1 Å². The molecule has 1 unspecified atom stereocenters. The zero-order valence-electron chi connectivity index (χ0n) is 7.07. The molecule has 2 aliphatic carbocycles. The molecule has 66 valence electrons. The van der Waals surface area contributed by atoms with E-state index < -0.39 is 5.97 Å². The van der Waals surface area contributed by atoms with Crippen molar-refractivity contribution in [3.63, 3.8) is 0 Å². The first-order valence-corrected chi connectivity index (χ1v) is 4.70. The summed E-state index contributed by atoms with van der Waals surface area (Å²) < 4.78 is 0. The Balaban J connectivity index is 2.03. The molecule has 12 heavy (non-hydrogen) atoms. The maximum Gasteiger partial charge on any atom is 0.307 e. The van der Waals surface area contributed by atoms with Crippen molar-refractivity contribution in [2.24, 2.45) is 17.8 Å². The lowest BCUT2D eigenvalue weighted by Gasteiger charge is -1.99. The van der Waals surface area contributed by atoms with Gasteiger partial charge in [-0.25, -0.2) is 0 Å². The average molecular weight is 166 g/mol. The van der Waals surface area contributed by atoms with E-state index >= 15 is 0 Å². The van der Waals surface area contributed by atoms with Crippen LogP contribution in [0.2, 0.25) is 0 Å². The van der Waals surface area contributed by atoms with Gasteiger partial charge in [-0.15, -0.1) is 0 Å². The van der Waals surface area contributed by atoms with Crippen molar-refractivity contribution < 1.29 is 9.90 Å². The summed E-state index contributed by atoms with van der Waals surface area (Å²) in [6.07, 6.45) is 8.95. The largest absolute Gasteiger partial charge is 0.481 e. The molecule has 1 saturated carbocycles. The molecule has 2 nitrogen and oxygen atoms in total. The monoisotopic (exact) mass is 166 g/mol. The Bertz CT molecular complexity index is 220. The second-order valence-corrected chi connectivity index (χ2v) is 3.82. The van der Waals surface area contributed by atoms with Crippen LogP contribution < -0.4 is 0 Å². The highest BCUT2D eigenvalue weighted by Gasteiger charge is 2.52. The Morgan fingerprint density at radius 3 is 3.00 bits per heavy atom. The Morgan fingerprint density at radius 2 is 2.25 bits per heavy atom. The van der Waals surface area contributed by atoms with Crippen LogP contribution in [0.4, 0.5) is 0 Å². The van der Waals surface area contributed by atoms with E-state index in [2.05, 4.69) is 12.2 Å². The molecule has 0 spiro atoms. The van der Waals surface area contributed by atoms with Gasteiger partial charge in [0.25, 0.3) is 0 Å². The normalized spacial score (nSPS) is 42.2. The number of hydrogen-bond acceptors (Lipinski definition) is 1. The molecular weight excluding hydrogens is 152 g/mol. The van der Waals surface area contributed by atoms with E-state index in [1.54, 1.807) is 0 Å². The van der Waals surface area contributed by atoms with Crippen LogP contribution in [0.3, 0.4) is 0 Å². The third kappa shape index (κ3) is 1.26. The molecule has 1 N–H and O–H groups in total. The van der Waals surface area contributed by atoms with Gasteiger partial charge in [0.1, 0.15) is 0 Å². The fraction of sp³-hybridized carbons (Fsp3) is 0.700. The summed E-state index contributed by atoms with van der Waals surface area (Å²) in [5, 5.41) is 8.83. The van der Waals surface area contributed by atoms with Crippen molar-refractivity contribution >= 4 is 5.97 Å². The highest BCUT2D eigenvalue weighted by molar-refractivity contribution is 5.74. The van der Waals surface area contributed by atoms with Crippen LogP contribution in [0.15, 0.2) is 12.2 Å². The molecule has 0 aromatic carbocycles. The fourth-order valence-electron chi connectivity index (χ4n) is 2.28. The summed E-state index contributed by atoms with van der Waals surface area (Å²) in [6.45, 7) is 0. The highest BCUT2D eigenvalue weighted by Crippen LogP contribution is 2.51. The second-order valence-electron chi connectivity index (χ2n) is 3.82. The molecule has 0 saturated heterocycles. The zero-order valence-corrected chi connectivity index (χ0v) is 7.07. The predicted molar refractivity (Wildman–Crippen MR) is 45.7 cm³/mol. The quantitative estimate of drug-likeness (QED) is 0.605. The van der Waals surface area contributed by atoms with Gasteiger partial charge in [-0.3, -0.25) is 4.79 Å². The summed E-state index contributed by atoms with van der Waals surface area (Å²) >= 11 is 0. The molecule has 0 radical (unpaired) electrons. The summed E-state index contributed by atoms with van der Waals surface area (Å²) in [5.74, 6) is 0.165.